The number of rotatable bonds is 5. The first kappa shape index (κ1) is 19.0. The van der Waals surface area contributed by atoms with Gasteiger partial charge in [-0.2, -0.15) is 0 Å². The molecule has 1 N–H and O–H groups in total. The zero-order valence-electron chi connectivity index (χ0n) is 16.8. The van der Waals surface area contributed by atoms with Gasteiger partial charge in [0.25, 0.3) is 0 Å². The first-order valence-corrected chi connectivity index (χ1v) is 10.6. The van der Waals surface area contributed by atoms with Crippen LogP contribution in [0.5, 0.6) is 0 Å². The van der Waals surface area contributed by atoms with E-state index in [9.17, 15) is 0 Å². The summed E-state index contributed by atoms with van der Waals surface area (Å²) in [5.41, 5.74) is 4.02. The lowest BCUT2D eigenvalue weighted by molar-refractivity contribution is 0.169. The molecule has 1 atom stereocenters. The van der Waals surface area contributed by atoms with Gasteiger partial charge in [0.1, 0.15) is 6.26 Å². The van der Waals surface area contributed by atoms with E-state index in [1.165, 1.54) is 30.4 Å². The van der Waals surface area contributed by atoms with E-state index in [1.54, 1.807) is 6.26 Å². The fraction of sp³-hybridized carbons (Fsp3) is 0.545. The molecule has 150 valence electrons. The van der Waals surface area contributed by atoms with Gasteiger partial charge in [-0.3, -0.25) is 9.89 Å². The molecular formula is C22H31N5O. The molecule has 1 saturated heterocycles. The van der Waals surface area contributed by atoms with E-state index in [4.69, 9.17) is 9.52 Å². The standard InChI is InChI=1S/C22H31N5O/c1-2-23-22(24-16-19-8-5-7-18-6-3-4-9-21(18)19)27-13-11-26(12-14-27)17-20-10-15-28-25-20/h3-4,6,9-10,15,19H,2,5,7-8,11-14,16-17H2,1H3,(H,23,24). The molecule has 1 aromatic heterocycles. The highest BCUT2D eigenvalue weighted by molar-refractivity contribution is 5.80. The fourth-order valence-electron chi connectivity index (χ4n) is 4.33. The second-order valence-electron chi connectivity index (χ2n) is 7.74. The minimum atomic E-state index is 0.548. The Kier molecular flexibility index (Phi) is 6.27. The van der Waals surface area contributed by atoms with Crippen LogP contribution in [-0.2, 0) is 13.0 Å². The highest BCUT2D eigenvalue weighted by Crippen LogP contribution is 2.31. The number of nitrogens with one attached hydrogen (secondary N) is 1. The second kappa shape index (κ2) is 9.24. The molecule has 6 nitrogen and oxygen atoms in total. The molecule has 0 radical (unpaired) electrons. The summed E-state index contributed by atoms with van der Waals surface area (Å²) in [6.07, 6.45) is 5.37. The van der Waals surface area contributed by atoms with Crippen molar-refractivity contribution in [2.75, 3.05) is 39.3 Å². The molecule has 0 saturated carbocycles. The van der Waals surface area contributed by atoms with Gasteiger partial charge in [-0.15, -0.1) is 0 Å². The Balaban J connectivity index is 1.36. The second-order valence-corrected chi connectivity index (χ2v) is 7.74. The molecule has 4 rings (SSSR count). The number of aliphatic imine (C=N–C) groups is 1. The summed E-state index contributed by atoms with van der Waals surface area (Å²) >= 11 is 0. The third-order valence-corrected chi connectivity index (χ3v) is 5.84. The molecule has 1 aromatic carbocycles. The van der Waals surface area contributed by atoms with Crippen molar-refractivity contribution in [1.29, 1.82) is 0 Å². The van der Waals surface area contributed by atoms with Gasteiger partial charge in [-0.25, -0.2) is 0 Å². The molecule has 2 heterocycles. The number of nitrogens with zero attached hydrogens (tertiary/aromatic N) is 4. The van der Waals surface area contributed by atoms with Gasteiger partial charge in [-0.1, -0.05) is 29.4 Å². The van der Waals surface area contributed by atoms with Gasteiger partial charge in [0.15, 0.2) is 5.96 Å². The molecule has 1 fully saturated rings. The lowest BCUT2D eigenvalue weighted by Crippen LogP contribution is -2.52. The smallest absolute Gasteiger partial charge is 0.194 e. The molecule has 6 heteroatoms. The number of aryl methyl sites for hydroxylation is 1. The van der Waals surface area contributed by atoms with Crippen LogP contribution >= 0.6 is 0 Å². The van der Waals surface area contributed by atoms with E-state index in [1.807, 2.05) is 6.07 Å². The maximum atomic E-state index is 5.05. The molecule has 0 bridgehead atoms. The number of benzene rings is 1. The molecule has 0 amide bonds. The molecule has 28 heavy (non-hydrogen) atoms. The van der Waals surface area contributed by atoms with Crippen molar-refractivity contribution >= 4 is 5.96 Å². The summed E-state index contributed by atoms with van der Waals surface area (Å²) in [5, 5.41) is 7.53. The van der Waals surface area contributed by atoms with Crippen LogP contribution in [0, 0.1) is 0 Å². The third kappa shape index (κ3) is 4.55. The maximum Gasteiger partial charge on any atom is 0.194 e. The van der Waals surface area contributed by atoms with Crippen molar-refractivity contribution in [3.05, 3.63) is 53.4 Å². The van der Waals surface area contributed by atoms with Crippen LogP contribution in [0.15, 0.2) is 46.1 Å². The Morgan fingerprint density at radius 3 is 2.86 bits per heavy atom. The molecular weight excluding hydrogens is 350 g/mol. The van der Waals surface area contributed by atoms with E-state index in [0.717, 1.165) is 57.5 Å². The summed E-state index contributed by atoms with van der Waals surface area (Å²) in [6.45, 7) is 8.80. The monoisotopic (exact) mass is 381 g/mol. The summed E-state index contributed by atoms with van der Waals surface area (Å²) in [6, 6.07) is 10.8. The Labute approximate surface area is 167 Å². The van der Waals surface area contributed by atoms with E-state index in [2.05, 4.69) is 51.5 Å². The van der Waals surface area contributed by atoms with Gasteiger partial charge >= 0.3 is 0 Å². The predicted octanol–water partition coefficient (Wildman–Crippen LogP) is 2.88. The minimum Gasteiger partial charge on any atom is -0.364 e. The van der Waals surface area contributed by atoms with Gasteiger partial charge in [0, 0.05) is 57.8 Å². The van der Waals surface area contributed by atoms with Gasteiger partial charge in [0.05, 0.1) is 5.69 Å². The third-order valence-electron chi connectivity index (χ3n) is 5.84. The molecule has 1 aliphatic carbocycles. The van der Waals surface area contributed by atoms with Crippen molar-refractivity contribution in [2.45, 2.75) is 38.6 Å². The van der Waals surface area contributed by atoms with Crippen LogP contribution in [0.25, 0.3) is 0 Å². The fourth-order valence-corrected chi connectivity index (χ4v) is 4.33. The van der Waals surface area contributed by atoms with E-state index in [-0.39, 0.29) is 0 Å². The molecule has 1 unspecified atom stereocenters. The lowest BCUT2D eigenvalue weighted by Gasteiger charge is -2.36. The van der Waals surface area contributed by atoms with E-state index in [0.29, 0.717) is 5.92 Å². The number of fused-ring (bicyclic) bond motifs is 1. The Morgan fingerprint density at radius 2 is 2.07 bits per heavy atom. The first-order valence-electron chi connectivity index (χ1n) is 10.6. The van der Waals surface area contributed by atoms with Crippen molar-refractivity contribution in [3.63, 3.8) is 0 Å². The van der Waals surface area contributed by atoms with Crippen molar-refractivity contribution in [1.82, 2.24) is 20.3 Å². The zero-order chi connectivity index (χ0) is 19.2. The lowest BCUT2D eigenvalue weighted by atomic mass is 9.83. The quantitative estimate of drug-likeness (QED) is 0.638. The summed E-state index contributed by atoms with van der Waals surface area (Å²) < 4.78 is 4.95. The van der Waals surface area contributed by atoms with Crippen LogP contribution in [0.2, 0.25) is 0 Å². The highest BCUT2D eigenvalue weighted by atomic mass is 16.5. The topological polar surface area (TPSA) is 56.9 Å². The number of aromatic nitrogens is 1. The molecule has 2 aliphatic rings. The average molecular weight is 382 g/mol. The van der Waals surface area contributed by atoms with E-state index >= 15 is 0 Å². The van der Waals surface area contributed by atoms with Crippen molar-refractivity contribution in [3.8, 4) is 0 Å². The van der Waals surface area contributed by atoms with Crippen LogP contribution in [-0.4, -0.2) is 60.2 Å². The van der Waals surface area contributed by atoms with Crippen LogP contribution < -0.4 is 5.32 Å². The molecule has 2 aromatic rings. The first-order chi connectivity index (χ1) is 13.8. The van der Waals surface area contributed by atoms with Crippen molar-refractivity contribution < 1.29 is 4.52 Å². The zero-order valence-corrected chi connectivity index (χ0v) is 16.8. The number of piperazine rings is 1. The van der Waals surface area contributed by atoms with E-state index < -0.39 is 0 Å². The van der Waals surface area contributed by atoms with Crippen LogP contribution in [0.1, 0.15) is 42.5 Å². The normalized spacial score (nSPS) is 20.8. The predicted molar refractivity (Wildman–Crippen MR) is 111 cm³/mol. The SMILES string of the molecule is CCNC(=NCC1CCCc2ccccc21)N1CCN(Cc2ccon2)CC1. The Bertz CT molecular complexity index is 765. The number of guanidine groups is 1. The average Bonchev–Trinajstić information content (AvgIpc) is 3.25. The molecule has 1 aliphatic heterocycles. The number of hydrogen-bond donors (Lipinski definition) is 1. The largest absolute Gasteiger partial charge is 0.364 e. The maximum absolute atomic E-state index is 5.05. The highest BCUT2D eigenvalue weighted by Gasteiger charge is 2.22. The summed E-state index contributed by atoms with van der Waals surface area (Å²) in [4.78, 5) is 9.87. The van der Waals surface area contributed by atoms with Crippen LogP contribution in [0.4, 0.5) is 0 Å². The Morgan fingerprint density at radius 1 is 1.21 bits per heavy atom. The summed E-state index contributed by atoms with van der Waals surface area (Å²) in [5.74, 6) is 1.61. The van der Waals surface area contributed by atoms with Gasteiger partial charge in [0.2, 0.25) is 0 Å². The van der Waals surface area contributed by atoms with Gasteiger partial charge < -0.3 is 14.7 Å². The molecule has 0 spiro atoms. The minimum absolute atomic E-state index is 0.548. The Hall–Kier alpha value is -2.34. The van der Waals surface area contributed by atoms with Crippen LogP contribution in [0.3, 0.4) is 0 Å². The van der Waals surface area contributed by atoms with Gasteiger partial charge in [-0.05, 0) is 37.3 Å². The summed E-state index contributed by atoms with van der Waals surface area (Å²) in [7, 11) is 0. The number of hydrogen-bond acceptors (Lipinski definition) is 4. The van der Waals surface area contributed by atoms with Crippen molar-refractivity contribution in [2.24, 2.45) is 4.99 Å².